The van der Waals surface area contributed by atoms with E-state index in [1.54, 1.807) is 0 Å². The van der Waals surface area contributed by atoms with E-state index < -0.39 is 27.6 Å². The van der Waals surface area contributed by atoms with Crippen LogP contribution in [-0.2, 0) is 16.4 Å². The Morgan fingerprint density at radius 1 is 0.968 bits per heavy atom. The predicted molar refractivity (Wildman–Crippen MR) is 118 cm³/mol. The summed E-state index contributed by atoms with van der Waals surface area (Å²) in [7, 11) is -3.51. The molecule has 2 aromatic carbocycles. The fourth-order valence-electron chi connectivity index (χ4n) is 3.33. The smallest absolute Gasteiger partial charge is 0.251 e. The first-order chi connectivity index (χ1) is 14.3. The van der Waals surface area contributed by atoms with Gasteiger partial charge in [-0.15, -0.1) is 12.4 Å². The Morgan fingerprint density at radius 2 is 1.65 bits per heavy atom. The monoisotopic (exact) mass is 473 g/mol. The molecule has 0 radical (unpaired) electrons. The zero-order valence-corrected chi connectivity index (χ0v) is 18.6. The Morgan fingerprint density at radius 3 is 2.29 bits per heavy atom. The van der Waals surface area contributed by atoms with Crippen molar-refractivity contribution in [1.29, 1.82) is 0 Å². The molecule has 0 atom stereocenters. The summed E-state index contributed by atoms with van der Waals surface area (Å²) in [4.78, 5) is 14.2. The van der Waals surface area contributed by atoms with Crippen LogP contribution in [0.4, 0.5) is 8.78 Å². The molecular weight excluding hydrogens is 448 g/mol. The molecule has 31 heavy (non-hydrogen) atoms. The highest BCUT2D eigenvalue weighted by Crippen LogP contribution is 2.11. The molecule has 3 rings (SSSR count). The van der Waals surface area contributed by atoms with Crippen molar-refractivity contribution in [2.45, 2.75) is 6.42 Å². The predicted octanol–water partition coefficient (Wildman–Crippen LogP) is 2.31. The molecule has 0 bridgehead atoms. The summed E-state index contributed by atoms with van der Waals surface area (Å²) < 4.78 is 52.7. The molecular formula is C21H26ClF2N3O3S. The van der Waals surface area contributed by atoms with Crippen LogP contribution >= 0.6 is 12.4 Å². The van der Waals surface area contributed by atoms with Gasteiger partial charge in [0.15, 0.2) is 11.6 Å². The van der Waals surface area contributed by atoms with Gasteiger partial charge >= 0.3 is 0 Å². The molecule has 1 aliphatic rings. The van der Waals surface area contributed by atoms with E-state index in [1.165, 1.54) is 9.87 Å². The SMILES string of the molecule is Cl.O=C(NCCS(=O)(=O)N1CCN(CCc2ccccc2)CC1)c1ccc(F)c(F)c1. The minimum atomic E-state index is -3.51. The minimum Gasteiger partial charge on any atom is -0.351 e. The first-order valence-corrected chi connectivity index (χ1v) is 11.4. The first-order valence-electron chi connectivity index (χ1n) is 9.82. The van der Waals surface area contributed by atoms with Crippen molar-refractivity contribution in [3.8, 4) is 0 Å². The van der Waals surface area contributed by atoms with Crippen LogP contribution < -0.4 is 5.32 Å². The highest BCUT2D eigenvalue weighted by Gasteiger charge is 2.26. The Kier molecular flexibility index (Phi) is 9.36. The maximum Gasteiger partial charge on any atom is 0.251 e. The average Bonchev–Trinajstić information content (AvgIpc) is 2.75. The van der Waals surface area contributed by atoms with Gasteiger partial charge in [0, 0.05) is 44.8 Å². The van der Waals surface area contributed by atoms with Crippen molar-refractivity contribution in [2.24, 2.45) is 0 Å². The van der Waals surface area contributed by atoms with Gasteiger partial charge in [-0.2, -0.15) is 4.31 Å². The normalized spacial score (nSPS) is 15.3. The van der Waals surface area contributed by atoms with Crippen LogP contribution in [0.15, 0.2) is 48.5 Å². The van der Waals surface area contributed by atoms with Gasteiger partial charge in [-0.05, 0) is 30.2 Å². The lowest BCUT2D eigenvalue weighted by Crippen LogP contribution is -2.50. The molecule has 10 heteroatoms. The number of halogens is 3. The standard InChI is InChI=1S/C21H25F2N3O3S.ClH/c22-19-7-6-18(16-20(19)23)21(27)24-9-15-30(28,29)26-13-11-25(12-14-26)10-8-17-4-2-1-3-5-17;/h1-7,16H,8-15H2,(H,24,27);1H. The van der Waals surface area contributed by atoms with Crippen LogP contribution in [0.2, 0.25) is 0 Å². The largest absolute Gasteiger partial charge is 0.351 e. The molecule has 1 aliphatic heterocycles. The van der Waals surface area contributed by atoms with Crippen molar-refractivity contribution < 1.29 is 22.0 Å². The van der Waals surface area contributed by atoms with E-state index in [-0.39, 0.29) is 30.3 Å². The van der Waals surface area contributed by atoms with E-state index in [0.29, 0.717) is 26.2 Å². The lowest BCUT2D eigenvalue weighted by atomic mass is 10.1. The lowest BCUT2D eigenvalue weighted by Gasteiger charge is -2.34. The van der Waals surface area contributed by atoms with E-state index in [9.17, 15) is 22.0 Å². The fourth-order valence-corrected chi connectivity index (χ4v) is 4.66. The third-order valence-electron chi connectivity index (χ3n) is 5.11. The van der Waals surface area contributed by atoms with Gasteiger partial charge in [-0.1, -0.05) is 30.3 Å². The first kappa shape index (κ1) is 25.2. The van der Waals surface area contributed by atoms with Crippen molar-refractivity contribution in [3.05, 3.63) is 71.3 Å². The molecule has 170 valence electrons. The lowest BCUT2D eigenvalue weighted by molar-refractivity contribution is 0.0955. The van der Waals surface area contributed by atoms with Gasteiger partial charge in [0.05, 0.1) is 5.75 Å². The molecule has 0 aliphatic carbocycles. The molecule has 0 spiro atoms. The van der Waals surface area contributed by atoms with Crippen LogP contribution in [0.1, 0.15) is 15.9 Å². The summed E-state index contributed by atoms with van der Waals surface area (Å²) in [6.07, 6.45) is 0.920. The number of piperazine rings is 1. The molecule has 0 saturated carbocycles. The number of amides is 1. The number of rotatable bonds is 8. The number of benzene rings is 2. The Labute approximate surface area is 187 Å². The maximum absolute atomic E-state index is 13.2. The Hall–Kier alpha value is -2.07. The van der Waals surface area contributed by atoms with Gasteiger partial charge in [0.2, 0.25) is 10.0 Å². The fraction of sp³-hybridized carbons (Fsp3) is 0.381. The molecule has 0 aromatic heterocycles. The minimum absolute atomic E-state index is 0. The Balaban J connectivity index is 0.00000341. The van der Waals surface area contributed by atoms with Crippen molar-refractivity contribution in [1.82, 2.24) is 14.5 Å². The number of sulfonamides is 1. The number of nitrogens with one attached hydrogen (secondary N) is 1. The van der Waals surface area contributed by atoms with Crippen LogP contribution in [-0.4, -0.2) is 68.6 Å². The molecule has 6 nitrogen and oxygen atoms in total. The van der Waals surface area contributed by atoms with Crippen LogP contribution in [0.25, 0.3) is 0 Å². The number of carbonyl (C=O) groups excluding carboxylic acids is 1. The summed E-state index contributed by atoms with van der Waals surface area (Å²) in [6, 6.07) is 12.9. The second-order valence-electron chi connectivity index (χ2n) is 7.18. The van der Waals surface area contributed by atoms with Gasteiger partial charge < -0.3 is 10.2 Å². The van der Waals surface area contributed by atoms with E-state index in [0.717, 1.165) is 31.2 Å². The quantitative estimate of drug-likeness (QED) is 0.638. The van der Waals surface area contributed by atoms with E-state index >= 15 is 0 Å². The highest BCUT2D eigenvalue weighted by atomic mass is 35.5. The van der Waals surface area contributed by atoms with Crippen LogP contribution in [0.5, 0.6) is 0 Å². The second kappa shape index (κ2) is 11.5. The van der Waals surface area contributed by atoms with Crippen molar-refractivity contribution >= 4 is 28.3 Å². The van der Waals surface area contributed by atoms with E-state index in [2.05, 4.69) is 22.3 Å². The number of hydrogen-bond acceptors (Lipinski definition) is 4. The average molecular weight is 474 g/mol. The maximum atomic E-state index is 13.2. The zero-order chi connectivity index (χ0) is 21.6. The molecule has 1 heterocycles. The third-order valence-corrected chi connectivity index (χ3v) is 6.98. The topological polar surface area (TPSA) is 69.7 Å². The molecule has 1 fully saturated rings. The molecule has 1 N–H and O–H groups in total. The highest BCUT2D eigenvalue weighted by molar-refractivity contribution is 7.89. The van der Waals surface area contributed by atoms with E-state index in [4.69, 9.17) is 0 Å². The molecule has 0 unspecified atom stereocenters. The second-order valence-corrected chi connectivity index (χ2v) is 9.27. The van der Waals surface area contributed by atoms with Gasteiger partial charge in [-0.3, -0.25) is 4.79 Å². The van der Waals surface area contributed by atoms with Crippen LogP contribution in [0, 0.1) is 11.6 Å². The summed E-state index contributed by atoms with van der Waals surface area (Å²) in [5.41, 5.74) is 1.20. The summed E-state index contributed by atoms with van der Waals surface area (Å²) in [5.74, 6) is -3.06. The zero-order valence-electron chi connectivity index (χ0n) is 17.0. The molecule has 1 saturated heterocycles. The van der Waals surface area contributed by atoms with Crippen LogP contribution in [0.3, 0.4) is 0 Å². The third kappa shape index (κ3) is 7.24. The number of carbonyl (C=O) groups is 1. The number of nitrogens with zero attached hydrogens (tertiary/aromatic N) is 2. The summed E-state index contributed by atoms with van der Waals surface area (Å²) >= 11 is 0. The van der Waals surface area contributed by atoms with Crippen molar-refractivity contribution in [3.63, 3.8) is 0 Å². The van der Waals surface area contributed by atoms with Crippen molar-refractivity contribution in [2.75, 3.05) is 45.0 Å². The summed E-state index contributed by atoms with van der Waals surface area (Å²) in [5, 5.41) is 2.44. The molecule has 2 aromatic rings. The van der Waals surface area contributed by atoms with E-state index in [1.807, 2.05) is 18.2 Å². The van der Waals surface area contributed by atoms with Gasteiger partial charge in [0.1, 0.15) is 0 Å². The van der Waals surface area contributed by atoms with Gasteiger partial charge in [-0.25, -0.2) is 17.2 Å². The summed E-state index contributed by atoms with van der Waals surface area (Å²) in [6.45, 7) is 2.92. The Bertz CT molecular complexity index is 969. The van der Waals surface area contributed by atoms with Gasteiger partial charge in [0.25, 0.3) is 5.91 Å². The number of hydrogen-bond donors (Lipinski definition) is 1. The molecule has 1 amide bonds.